The summed E-state index contributed by atoms with van der Waals surface area (Å²) in [4.78, 5) is 30.1. The number of halogens is 3. The van der Waals surface area contributed by atoms with E-state index in [0.29, 0.717) is 39.3 Å². The zero-order valence-corrected chi connectivity index (χ0v) is 22.3. The fraction of sp³-hybridized carbons (Fsp3) is 0.500. The Hall–Kier alpha value is -3.00. The number of carbonyl (C=O) groups excluding carboxylic acids is 1. The molecule has 3 aliphatic rings. The van der Waals surface area contributed by atoms with Crippen molar-refractivity contribution in [2.45, 2.75) is 69.9 Å². The molecular formula is C30H32ClF2N3O3. The van der Waals surface area contributed by atoms with Gasteiger partial charge in [0.05, 0.1) is 11.0 Å². The van der Waals surface area contributed by atoms with Crippen LogP contribution in [0.2, 0.25) is 5.02 Å². The molecule has 6 nitrogen and oxygen atoms in total. The standard InChI is InChI=1S/C30H32ClF2N3O3/c31-20-9-7-19(8-10-20)29-35-24-14-22(32)23(33)15-25(24)36(29)28(27-17-3-4-18(27)6-5-17)30(39)34-21-11-1-16(2-12-21)13-26(37)38/h7-10,14-18,21,27-28H,1-6,11-13H2,(H,34,39)(H,37,38)/t16?,17-,18-,21?,28?. The molecule has 2 N–H and O–H groups in total. The monoisotopic (exact) mass is 555 g/mol. The summed E-state index contributed by atoms with van der Waals surface area (Å²) in [5.74, 6) is -1.40. The van der Waals surface area contributed by atoms with Gasteiger partial charge < -0.3 is 15.0 Å². The average molecular weight is 556 g/mol. The number of hydrogen-bond acceptors (Lipinski definition) is 3. The minimum Gasteiger partial charge on any atom is -0.481 e. The molecule has 2 aromatic carbocycles. The molecule has 1 heterocycles. The summed E-state index contributed by atoms with van der Waals surface area (Å²) >= 11 is 6.15. The van der Waals surface area contributed by atoms with Crippen LogP contribution in [0.3, 0.4) is 0 Å². The van der Waals surface area contributed by atoms with Gasteiger partial charge in [0.15, 0.2) is 11.6 Å². The number of aliphatic carboxylic acids is 1. The van der Waals surface area contributed by atoms with Crippen LogP contribution < -0.4 is 5.32 Å². The molecule has 39 heavy (non-hydrogen) atoms. The Kier molecular flexibility index (Phi) is 7.08. The van der Waals surface area contributed by atoms with E-state index in [9.17, 15) is 18.4 Å². The first-order valence-corrected chi connectivity index (χ1v) is 14.3. The largest absolute Gasteiger partial charge is 0.481 e. The molecule has 1 atom stereocenters. The smallest absolute Gasteiger partial charge is 0.303 e. The molecule has 0 saturated heterocycles. The van der Waals surface area contributed by atoms with Crippen LogP contribution in [0.15, 0.2) is 36.4 Å². The summed E-state index contributed by atoms with van der Waals surface area (Å²) in [6.45, 7) is 0. The van der Waals surface area contributed by atoms with E-state index in [-0.39, 0.29) is 30.2 Å². The number of hydrogen-bond donors (Lipinski definition) is 2. The SMILES string of the molecule is O=C(O)CC1CCC(NC(=O)C(C2[C@H]3CC[C@H]2CC3)n2c(-c3ccc(Cl)cc3)nc3cc(F)c(F)cc32)CC1. The molecule has 3 fully saturated rings. The van der Waals surface area contributed by atoms with E-state index in [0.717, 1.165) is 63.5 Å². The molecule has 3 saturated carbocycles. The zero-order valence-electron chi connectivity index (χ0n) is 21.6. The number of carboxylic acids is 1. The number of benzene rings is 2. The lowest BCUT2D eigenvalue weighted by Gasteiger charge is -2.33. The first-order valence-electron chi connectivity index (χ1n) is 13.9. The van der Waals surface area contributed by atoms with Crippen LogP contribution in [0.25, 0.3) is 22.4 Å². The maximum Gasteiger partial charge on any atom is 0.303 e. The van der Waals surface area contributed by atoms with Gasteiger partial charge in [-0.2, -0.15) is 0 Å². The molecule has 0 radical (unpaired) electrons. The first-order chi connectivity index (χ1) is 18.8. The van der Waals surface area contributed by atoms with Gasteiger partial charge in [0.1, 0.15) is 11.9 Å². The van der Waals surface area contributed by atoms with Crippen molar-refractivity contribution < 1.29 is 23.5 Å². The molecule has 1 aromatic heterocycles. The number of carboxylic acid groups (broad SMARTS) is 1. The summed E-state index contributed by atoms with van der Waals surface area (Å²) in [5.41, 5.74) is 1.42. The van der Waals surface area contributed by atoms with Crippen molar-refractivity contribution in [3.8, 4) is 11.4 Å². The Morgan fingerprint density at radius 3 is 2.21 bits per heavy atom. The summed E-state index contributed by atoms with van der Waals surface area (Å²) in [6.07, 6.45) is 7.36. The zero-order chi connectivity index (χ0) is 27.3. The lowest BCUT2D eigenvalue weighted by atomic mass is 9.83. The van der Waals surface area contributed by atoms with Gasteiger partial charge in [0.25, 0.3) is 0 Å². The summed E-state index contributed by atoms with van der Waals surface area (Å²) in [5, 5.41) is 13.0. The van der Waals surface area contributed by atoms with Crippen LogP contribution in [0.4, 0.5) is 8.78 Å². The van der Waals surface area contributed by atoms with Crippen molar-refractivity contribution in [1.29, 1.82) is 0 Å². The number of amides is 1. The van der Waals surface area contributed by atoms with E-state index in [1.165, 1.54) is 0 Å². The van der Waals surface area contributed by atoms with Crippen LogP contribution in [-0.2, 0) is 9.59 Å². The van der Waals surface area contributed by atoms with Gasteiger partial charge in [-0.05, 0) is 99.3 Å². The maximum absolute atomic E-state index is 14.6. The Labute approximate surface area is 230 Å². The van der Waals surface area contributed by atoms with Crippen molar-refractivity contribution in [1.82, 2.24) is 14.9 Å². The fourth-order valence-electron chi connectivity index (χ4n) is 7.50. The van der Waals surface area contributed by atoms with Gasteiger partial charge in [-0.3, -0.25) is 9.59 Å². The van der Waals surface area contributed by atoms with Crippen LogP contribution in [0.1, 0.15) is 63.8 Å². The highest BCUT2D eigenvalue weighted by molar-refractivity contribution is 6.30. The molecule has 0 aliphatic heterocycles. The Balaban J connectivity index is 1.41. The molecule has 206 valence electrons. The van der Waals surface area contributed by atoms with E-state index in [4.69, 9.17) is 21.7 Å². The molecule has 6 rings (SSSR count). The Bertz CT molecular complexity index is 1380. The van der Waals surface area contributed by atoms with E-state index >= 15 is 0 Å². The van der Waals surface area contributed by atoms with Gasteiger partial charge in [0.2, 0.25) is 5.91 Å². The molecule has 2 bridgehead atoms. The van der Waals surface area contributed by atoms with Gasteiger partial charge in [-0.1, -0.05) is 11.6 Å². The minimum atomic E-state index is -0.977. The quantitative estimate of drug-likeness (QED) is 0.337. The summed E-state index contributed by atoms with van der Waals surface area (Å²) in [6, 6.07) is 8.70. The van der Waals surface area contributed by atoms with Crippen LogP contribution >= 0.6 is 11.6 Å². The highest BCUT2D eigenvalue weighted by Gasteiger charge is 2.49. The summed E-state index contributed by atoms with van der Waals surface area (Å²) < 4.78 is 30.8. The lowest BCUT2D eigenvalue weighted by molar-refractivity contribution is -0.138. The third-order valence-electron chi connectivity index (χ3n) is 9.31. The van der Waals surface area contributed by atoms with E-state index in [1.54, 1.807) is 12.1 Å². The minimum absolute atomic E-state index is 0.0490. The number of fused-ring (bicyclic) bond motifs is 3. The Morgan fingerprint density at radius 1 is 0.974 bits per heavy atom. The van der Waals surface area contributed by atoms with Gasteiger partial charge in [-0.25, -0.2) is 13.8 Å². The van der Waals surface area contributed by atoms with Crippen molar-refractivity contribution in [3.63, 3.8) is 0 Å². The van der Waals surface area contributed by atoms with Crippen molar-refractivity contribution in [3.05, 3.63) is 53.1 Å². The van der Waals surface area contributed by atoms with Gasteiger partial charge in [0, 0.05) is 35.2 Å². The highest BCUT2D eigenvalue weighted by atomic mass is 35.5. The van der Waals surface area contributed by atoms with Crippen LogP contribution in [0, 0.1) is 35.3 Å². The third kappa shape index (κ3) is 5.04. The number of aromatic nitrogens is 2. The lowest BCUT2D eigenvalue weighted by Crippen LogP contribution is -2.44. The molecule has 0 spiro atoms. The van der Waals surface area contributed by atoms with Gasteiger partial charge in [-0.15, -0.1) is 0 Å². The maximum atomic E-state index is 14.6. The van der Waals surface area contributed by atoms with E-state index in [1.807, 2.05) is 16.7 Å². The topological polar surface area (TPSA) is 84.2 Å². The fourth-order valence-corrected chi connectivity index (χ4v) is 7.62. The van der Waals surface area contributed by atoms with Gasteiger partial charge >= 0.3 is 5.97 Å². The number of imidazole rings is 1. The molecule has 1 amide bonds. The molecular weight excluding hydrogens is 524 g/mol. The number of rotatable bonds is 7. The second kappa shape index (κ2) is 10.5. The average Bonchev–Trinajstić information content (AvgIpc) is 3.60. The van der Waals surface area contributed by atoms with Crippen LogP contribution in [0.5, 0.6) is 0 Å². The highest BCUT2D eigenvalue weighted by Crippen LogP contribution is 2.55. The van der Waals surface area contributed by atoms with Crippen molar-refractivity contribution in [2.24, 2.45) is 23.7 Å². The number of carbonyl (C=O) groups is 2. The van der Waals surface area contributed by atoms with E-state index in [2.05, 4.69) is 5.32 Å². The second-order valence-electron chi connectivity index (χ2n) is 11.6. The third-order valence-corrected chi connectivity index (χ3v) is 9.56. The predicted octanol–water partition coefficient (Wildman–Crippen LogP) is 6.76. The first kappa shape index (κ1) is 26.2. The molecule has 3 aromatic rings. The summed E-state index contributed by atoms with van der Waals surface area (Å²) in [7, 11) is 0. The Morgan fingerprint density at radius 2 is 1.59 bits per heavy atom. The number of nitrogens with zero attached hydrogens (tertiary/aromatic N) is 2. The molecule has 9 heteroatoms. The van der Waals surface area contributed by atoms with Crippen molar-refractivity contribution >= 4 is 34.5 Å². The molecule has 1 unspecified atom stereocenters. The normalized spacial score (nSPS) is 27.1. The van der Waals surface area contributed by atoms with E-state index < -0.39 is 23.6 Å². The molecule has 3 aliphatic carbocycles. The second-order valence-corrected chi connectivity index (χ2v) is 12.0. The van der Waals surface area contributed by atoms with Crippen molar-refractivity contribution in [2.75, 3.05) is 0 Å². The predicted molar refractivity (Wildman–Crippen MR) is 144 cm³/mol. The number of nitrogens with one attached hydrogen (secondary N) is 1. The van der Waals surface area contributed by atoms with Crippen LogP contribution in [-0.4, -0.2) is 32.6 Å².